The molecule has 3 aliphatic rings. The molecule has 2 aromatic rings. The van der Waals surface area contributed by atoms with Crippen LogP contribution < -0.4 is 54.0 Å². The van der Waals surface area contributed by atoms with E-state index in [4.69, 9.17) is 16.9 Å². The van der Waals surface area contributed by atoms with Gasteiger partial charge in [0, 0.05) is 25.9 Å². The molecule has 2 aromatic carbocycles. The van der Waals surface area contributed by atoms with Crippen LogP contribution in [0, 0.1) is 11.3 Å². The molecule has 8 atom stereocenters. The van der Waals surface area contributed by atoms with Gasteiger partial charge < -0.3 is 64.0 Å². The smallest absolute Gasteiger partial charge is 0.326 e. The zero-order valence-corrected chi connectivity index (χ0v) is 40.9. The van der Waals surface area contributed by atoms with Crippen molar-refractivity contribution in [1.29, 1.82) is 5.41 Å². The highest BCUT2D eigenvalue weighted by Crippen LogP contribution is 2.29. The first kappa shape index (κ1) is 55.8. The first-order chi connectivity index (χ1) is 34.5. The van der Waals surface area contributed by atoms with Crippen molar-refractivity contribution < 1.29 is 48.3 Å². The molecule has 1 saturated carbocycles. The second-order valence-corrected chi connectivity index (χ2v) is 19.0. The Balaban J connectivity index is 1.33. The van der Waals surface area contributed by atoms with Crippen LogP contribution >= 0.6 is 0 Å². The Morgan fingerprint density at radius 2 is 1.22 bits per heavy atom. The molecule has 0 radical (unpaired) electrons. The summed E-state index contributed by atoms with van der Waals surface area (Å²) in [6.45, 7) is 2.46. The van der Waals surface area contributed by atoms with Crippen LogP contribution in [0.3, 0.4) is 0 Å². The predicted octanol–water partition coefficient (Wildman–Crippen LogP) is -0.663. The van der Waals surface area contributed by atoms with Gasteiger partial charge in [-0.1, -0.05) is 92.8 Å². The quantitative estimate of drug-likeness (QED) is 0.0317. The van der Waals surface area contributed by atoms with Crippen molar-refractivity contribution in [2.75, 3.05) is 19.6 Å². The highest BCUT2D eigenvalue weighted by atomic mass is 16.4. The minimum Gasteiger partial charge on any atom is -0.480 e. The standard InChI is InChI=1S/C50H72N12O10/c1-30(42(64)61-39(28-33-18-9-4-10-19-33)48(70)62-25-13-22-40(62)49(71)72)56-45(67)38(29-41(51)63)60-47(69)37(27-32-16-7-3-8-17-32)59-46(68)36(26-31-14-5-2-6-15-31)58-44(66)35(21-12-24-55-50(52)53)57-43(65)34-20-11-23-54-34/h2-3,5-8,14-17,30,33-40,54H,4,9-13,18-29H2,1H3,(H2,51,63)(H,56,67)(H,57,65)(H,58,66)(H,59,68)(H,60,69)(H,61,64)(H,71,72)(H4,52,53,55)/t30-,34-,35-,36-,37-,38-,39-,40+/m0/s1. The predicted molar refractivity (Wildman–Crippen MR) is 265 cm³/mol. The Labute approximate surface area is 419 Å². The average molecular weight is 1000 g/mol. The van der Waals surface area contributed by atoms with E-state index in [-0.39, 0.29) is 63.0 Å². The molecule has 1 aliphatic carbocycles. The summed E-state index contributed by atoms with van der Waals surface area (Å²) < 4.78 is 0. The number of benzene rings is 2. The summed E-state index contributed by atoms with van der Waals surface area (Å²) >= 11 is 0. The van der Waals surface area contributed by atoms with Gasteiger partial charge in [0.1, 0.15) is 42.3 Å². The van der Waals surface area contributed by atoms with Crippen LogP contribution in [0.15, 0.2) is 60.7 Å². The fourth-order valence-electron chi connectivity index (χ4n) is 9.47. The highest BCUT2D eigenvalue weighted by Gasteiger charge is 2.40. The number of nitrogens with one attached hydrogen (secondary N) is 9. The molecule has 2 aliphatic heterocycles. The summed E-state index contributed by atoms with van der Waals surface area (Å²) in [5.41, 5.74) is 12.3. The molecule has 22 nitrogen and oxygen atoms in total. The van der Waals surface area contributed by atoms with Gasteiger partial charge >= 0.3 is 5.97 Å². The van der Waals surface area contributed by atoms with E-state index in [2.05, 4.69) is 42.5 Å². The average Bonchev–Trinajstić information content (AvgIpc) is 4.09. The largest absolute Gasteiger partial charge is 0.480 e. The molecule has 5 rings (SSSR count). The molecule has 72 heavy (non-hydrogen) atoms. The molecule has 22 heteroatoms. The number of carbonyl (C=O) groups excluding carboxylic acids is 8. The number of carboxylic acid groups (broad SMARTS) is 1. The van der Waals surface area contributed by atoms with Crippen LogP contribution in [0.2, 0.25) is 0 Å². The molecule has 392 valence electrons. The molecular weight excluding hydrogens is 929 g/mol. The van der Waals surface area contributed by atoms with Crippen molar-refractivity contribution in [1.82, 2.24) is 47.4 Å². The Hall–Kier alpha value is -7.10. The molecule has 2 saturated heterocycles. The van der Waals surface area contributed by atoms with Crippen LogP contribution in [-0.2, 0) is 56.0 Å². The second kappa shape index (κ2) is 28.1. The lowest BCUT2D eigenvalue weighted by atomic mass is 9.84. The fourth-order valence-corrected chi connectivity index (χ4v) is 9.47. The minimum atomic E-state index is -1.64. The van der Waals surface area contributed by atoms with Gasteiger partial charge in [0.25, 0.3) is 0 Å². The molecule has 0 aromatic heterocycles. The lowest BCUT2D eigenvalue weighted by molar-refractivity contribution is -0.149. The lowest BCUT2D eigenvalue weighted by Crippen LogP contribution is -2.60. The third-order valence-electron chi connectivity index (χ3n) is 13.3. The molecule has 0 spiro atoms. The maximum atomic E-state index is 14.5. The Bertz CT molecular complexity index is 2210. The number of nitrogens with zero attached hydrogens (tertiary/aromatic N) is 1. The SMILES string of the molecule is C[C@H](NC(=O)[C@H](CC(N)=O)NC(=O)[C@H](Cc1ccccc1)NC(=O)[C@H](Cc1ccccc1)NC(=O)[C@H](CCCNC(=N)N)NC(=O)[C@@H]1CCCN1)C(=O)N[C@@H](CC1CCCCC1)C(=O)N1CCC[C@@H]1C(=O)O. The number of hydrogen-bond acceptors (Lipinski definition) is 11. The van der Waals surface area contributed by atoms with Crippen LogP contribution in [0.4, 0.5) is 0 Å². The third kappa shape index (κ3) is 17.6. The van der Waals surface area contributed by atoms with Gasteiger partial charge in [0.05, 0.1) is 12.5 Å². The first-order valence-corrected chi connectivity index (χ1v) is 25.0. The van der Waals surface area contributed by atoms with Crippen LogP contribution in [0.25, 0.3) is 0 Å². The van der Waals surface area contributed by atoms with E-state index < -0.39 is 102 Å². The van der Waals surface area contributed by atoms with Gasteiger partial charge in [0.15, 0.2) is 5.96 Å². The van der Waals surface area contributed by atoms with E-state index in [9.17, 15) is 48.3 Å². The normalized spacial score (nSPS) is 19.2. The van der Waals surface area contributed by atoms with Crippen molar-refractivity contribution >= 4 is 59.2 Å². The number of primary amides is 1. The summed E-state index contributed by atoms with van der Waals surface area (Å²) in [6.07, 6.45) is 6.68. The summed E-state index contributed by atoms with van der Waals surface area (Å²) in [4.78, 5) is 124. The van der Waals surface area contributed by atoms with Crippen LogP contribution in [-0.4, -0.2) is 137 Å². The third-order valence-corrected chi connectivity index (χ3v) is 13.3. The molecule has 14 N–H and O–H groups in total. The van der Waals surface area contributed by atoms with E-state index >= 15 is 0 Å². The van der Waals surface area contributed by atoms with E-state index in [0.29, 0.717) is 36.9 Å². The number of nitrogens with two attached hydrogens (primary N) is 2. The number of aliphatic carboxylic acids is 1. The van der Waals surface area contributed by atoms with Crippen molar-refractivity contribution in [3.8, 4) is 0 Å². The molecule has 0 unspecified atom stereocenters. The number of guanidine groups is 1. The molecule has 2 heterocycles. The van der Waals surface area contributed by atoms with E-state index in [0.717, 1.165) is 38.5 Å². The first-order valence-electron chi connectivity index (χ1n) is 25.0. The van der Waals surface area contributed by atoms with Gasteiger partial charge in [-0.3, -0.25) is 43.8 Å². The number of rotatable bonds is 26. The zero-order valence-electron chi connectivity index (χ0n) is 40.9. The zero-order chi connectivity index (χ0) is 52.2. The molecule has 0 bridgehead atoms. The van der Waals surface area contributed by atoms with Gasteiger partial charge in [-0.2, -0.15) is 0 Å². The van der Waals surface area contributed by atoms with Crippen LogP contribution in [0.5, 0.6) is 0 Å². The minimum absolute atomic E-state index is 0.0350. The van der Waals surface area contributed by atoms with Crippen molar-refractivity contribution in [2.24, 2.45) is 17.4 Å². The topological polar surface area (TPSA) is 349 Å². The van der Waals surface area contributed by atoms with E-state index in [1.165, 1.54) is 11.8 Å². The summed E-state index contributed by atoms with van der Waals surface area (Å²) in [5, 5.41) is 39.2. The number of carboxylic acids is 1. The summed E-state index contributed by atoms with van der Waals surface area (Å²) in [6, 6.07) is 8.10. The summed E-state index contributed by atoms with van der Waals surface area (Å²) in [5.74, 6) is -7.24. The van der Waals surface area contributed by atoms with Gasteiger partial charge in [-0.15, -0.1) is 0 Å². The summed E-state index contributed by atoms with van der Waals surface area (Å²) in [7, 11) is 0. The Morgan fingerprint density at radius 1 is 0.667 bits per heavy atom. The Kier molecular flexibility index (Phi) is 21.8. The van der Waals surface area contributed by atoms with E-state index in [1.807, 2.05) is 0 Å². The monoisotopic (exact) mass is 1000 g/mol. The maximum absolute atomic E-state index is 14.5. The van der Waals surface area contributed by atoms with Gasteiger partial charge in [-0.05, 0) is 75.5 Å². The second-order valence-electron chi connectivity index (χ2n) is 19.0. The molecular formula is C50H72N12O10. The van der Waals surface area contributed by atoms with Crippen molar-refractivity contribution in [3.05, 3.63) is 71.8 Å². The molecule has 8 amide bonds. The van der Waals surface area contributed by atoms with Crippen molar-refractivity contribution in [2.45, 2.75) is 152 Å². The van der Waals surface area contributed by atoms with Gasteiger partial charge in [0.2, 0.25) is 47.3 Å². The lowest BCUT2D eigenvalue weighted by Gasteiger charge is -2.31. The number of carbonyl (C=O) groups is 9. The Morgan fingerprint density at radius 3 is 1.76 bits per heavy atom. The fraction of sp³-hybridized carbons (Fsp3) is 0.560. The van der Waals surface area contributed by atoms with Crippen molar-refractivity contribution in [3.63, 3.8) is 0 Å². The molecule has 3 fully saturated rings. The highest BCUT2D eigenvalue weighted by molar-refractivity contribution is 5.99. The van der Waals surface area contributed by atoms with Gasteiger partial charge in [-0.25, -0.2) is 4.79 Å². The maximum Gasteiger partial charge on any atom is 0.326 e. The number of hydrogen-bond donors (Lipinski definition) is 12. The van der Waals surface area contributed by atoms with Crippen LogP contribution in [0.1, 0.15) is 102 Å². The number of likely N-dealkylation sites (tertiary alicyclic amines) is 1. The number of amides is 8. The van der Waals surface area contributed by atoms with E-state index in [1.54, 1.807) is 60.7 Å².